The normalized spacial score (nSPS) is 19.2. The van der Waals surface area contributed by atoms with Gasteiger partial charge in [0, 0.05) is 56.0 Å². The summed E-state index contributed by atoms with van der Waals surface area (Å²) in [5, 5.41) is 3.49. The predicted octanol–water partition coefficient (Wildman–Crippen LogP) is 4.78. The maximum atomic E-state index is 6.70. The van der Waals surface area contributed by atoms with E-state index in [2.05, 4.69) is 84.1 Å². The molecule has 2 aromatic rings. The second-order valence-electron chi connectivity index (χ2n) is 9.45. The zero-order valence-electron chi connectivity index (χ0n) is 20.6. The molecule has 0 amide bonds. The number of nitrogens with zero attached hydrogens (tertiary/aromatic N) is 2. The van der Waals surface area contributed by atoms with Gasteiger partial charge < -0.3 is 24.6 Å². The number of benzene rings is 2. The van der Waals surface area contributed by atoms with E-state index in [1.54, 1.807) is 0 Å². The fourth-order valence-electron chi connectivity index (χ4n) is 5.39. The van der Waals surface area contributed by atoms with Crippen molar-refractivity contribution in [2.45, 2.75) is 32.3 Å². The van der Waals surface area contributed by atoms with Gasteiger partial charge in [-0.05, 0) is 67.9 Å². The Morgan fingerprint density at radius 3 is 2.41 bits per heavy atom. The summed E-state index contributed by atoms with van der Waals surface area (Å²) in [5.41, 5.74) is 6.96. The van der Waals surface area contributed by atoms with E-state index in [0.717, 1.165) is 76.8 Å². The Bertz CT molecular complexity index is 1040. The van der Waals surface area contributed by atoms with Crippen molar-refractivity contribution in [1.29, 1.82) is 0 Å². The molecule has 0 bridgehead atoms. The van der Waals surface area contributed by atoms with Gasteiger partial charge in [-0.3, -0.25) is 0 Å². The number of hydrogen-bond donors (Lipinski definition) is 1. The third-order valence-electron chi connectivity index (χ3n) is 7.47. The van der Waals surface area contributed by atoms with Gasteiger partial charge in [0.15, 0.2) is 0 Å². The van der Waals surface area contributed by atoms with Gasteiger partial charge in [-0.1, -0.05) is 30.8 Å². The van der Waals surface area contributed by atoms with Gasteiger partial charge in [-0.2, -0.15) is 0 Å². The molecule has 2 aromatic carbocycles. The highest BCUT2D eigenvalue weighted by atomic mass is 16.5. The Balaban J connectivity index is 1.52. The topological polar surface area (TPSA) is 37.0 Å². The maximum Gasteiger partial charge on any atom is 0.130 e. The lowest BCUT2D eigenvalue weighted by Crippen LogP contribution is -2.46. The molecule has 1 N–H and O–H groups in total. The summed E-state index contributed by atoms with van der Waals surface area (Å²) in [6.45, 7) is 16.0. The molecule has 2 fully saturated rings. The van der Waals surface area contributed by atoms with E-state index >= 15 is 0 Å². The standard InChI is InChI=1S/C29H37N3O2/c1-4-31(5-2)22(3)23-6-8-24(9-7-23)27-21-29(12-14-30-15-13-29)34-28-11-10-25(20-26(27)28)32-16-18-33-19-17-32/h6-11,20-21,30H,3-5,12-19H2,1-2H3. The van der Waals surface area contributed by atoms with E-state index in [4.69, 9.17) is 9.47 Å². The molecule has 0 unspecified atom stereocenters. The minimum atomic E-state index is -0.239. The third-order valence-corrected chi connectivity index (χ3v) is 7.47. The summed E-state index contributed by atoms with van der Waals surface area (Å²) in [5.74, 6) is 0.994. The second kappa shape index (κ2) is 9.85. The SMILES string of the molecule is C=C(c1ccc(C2=CC3(CCNCC3)Oc3ccc(N4CCOCC4)cc32)cc1)N(CC)CC. The molecule has 3 heterocycles. The molecule has 0 saturated carbocycles. The van der Waals surface area contributed by atoms with Crippen LogP contribution in [-0.4, -0.2) is 63.0 Å². The average Bonchev–Trinajstić information content (AvgIpc) is 2.90. The van der Waals surface area contributed by atoms with E-state index < -0.39 is 0 Å². The lowest BCUT2D eigenvalue weighted by molar-refractivity contribution is 0.0817. The molecule has 0 aromatic heterocycles. The Morgan fingerprint density at radius 2 is 1.74 bits per heavy atom. The summed E-state index contributed by atoms with van der Waals surface area (Å²) < 4.78 is 12.3. The number of ether oxygens (including phenoxy) is 2. The van der Waals surface area contributed by atoms with Crippen LogP contribution in [0.25, 0.3) is 11.3 Å². The largest absolute Gasteiger partial charge is 0.482 e. The number of morpholine rings is 1. The van der Waals surface area contributed by atoms with Crippen LogP contribution in [0.4, 0.5) is 5.69 Å². The van der Waals surface area contributed by atoms with Gasteiger partial charge in [0.2, 0.25) is 0 Å². The molecule has 180 valence electrons. The molecule has 34 heavy (non-hydrogen) atoms. The van der Waals surface area contributed by atoms with Gasteiger partial charge in [-0.15, -0.1) is 0 Å². The molecule has 0 atom stereocenters. The van der Waals surface area contributed by atoms with Crippen LogP contribution in [0, 0.1) is 0 Å². The van der Waals surface area contributed by atoms with Crippen molar-refractivity contribution < 1.29 is 9.47 Å². The highest BCUT2D eigenvalue weighted by Crippen LogP contribution is 2.44. The minimum absolute atomic E-state index is 0.239. The highest BCUT2D eigenvalue weighted by Gasteiger charge is 2.37. The number of hydrogen-bond acceptors (Lipinski definition) is 5. The average molecular weight is 460 g/mol. The molecule has 1 spiro atoms. The van der Waals surface area contributed by atoms with Crippen LogP contribution in [0.2, 0.25) is 0 Å². The monoisotopic (exact) mass is 459 g/mol. The second-order valence-corrected chi connectivity index (χ2v) is 9.45. The molecule has 0 aliphatic carbocycles. The first-order valence-corrected chi connectivity index (χ1v) is 12.8. The fourth-order valence-corrected chi connectivity index (χ4v) is 5.39. The number of rotatable bonds is 6. The van der Waals surface area contributed by atoms with Gasteiger partial charge in [0.05, 0.1) is 13.2 Å². The smallest absolute Gasteiger partial charge is 0.130 e. The summed E-state index contributed by atoms with van der Waals surface area (Å²) in [7, 11) is 0. The first kappa shape index (κ1) is 23.0. The Hall–Kier alpha value is -2.76. The van der Waals surface area contributed by atoms with E-state index in [-0.39, 0.29) is 5.60 Å². The Labute approximate surface area is 204 Å². The van der Waals surface area contributed by atoms with E-state index in [9.17, 15) is 0 Å². The van der Waals surface area contributed by atoms with Crippen molar-refractivity contribution in [3.63, 3.8) is 0 Å². The predicted molar refractivity (Wildman–Crippen MR) is 140 cm³/mol. The zero-order chi connectivity index (χ0) is 23.5. The van der Waals surface area contributed by atoms with Crippen LogP contribution in [0.3, 0.4) is 0 Å². The van der Waals surface area contributed by atoms with E-state index in [1.165, 1.54) is 28.0 Å². The maximum absolute atomic E-state index is 6.70. The van der Waals surface area contributed by atoms with Crippen LogP contribution >= 0.6 is 0 Å². The number of anilines is 1. The number of nitrogens with one attached hydrogen (secondary N) is 1. The van der Waals surface area contributed by atoms with Crippen LogP contribution in [0.1, 0.15) is 43.4 Å². The molecular formula is C29H37N3O2. The number of fused-ring (bicyclic) bond motifs is 1. The van der Waals surface area contributed by atoms with Crippen molar-refractivity contribution in [2.75, 3.05) is 57.4 Å². The van der Waals surface area contributed by atoms with Crippen LogP contribution < -0.4 is 15.0 Å². The Morgan fingerprint density at radius 1 is 1.03 bits per heavy atom. The molecule has 3 aliphatic rings. The highest BCUT2D eigenvalue weighted by molar-refractivity contribution is 5.87. The van der Waals surface area contributed by atoms with Crippen molar-refractivity contribution in [3.8, 4) is 5.75 Å². The summed E-state index contributed by atoms with van der Waals surface area (Å²) in [6.07, 6.45) is 4.36. The molecule has 2 saturated heterocycles. The minimum Gasteiger partial charge on any atom is -0.482 e. The fraction of sp³-hybridized carbons (Fsp3) is 0.448. The molecule has 5 nitrogen and oxygen atoms in total. The number of piperidine rings is 1. The summed E-state index contributed by atoms with van der Waals surface area (Å²) in [6, 6.07) is 15.6. The van der Waals surface area contributed by atoms with Crippen molar-refractivity contribution in [1.82, 2.24) is 10.2 Å². The molecule has 5 heteroatoms. The van der Waals surface area contributed by atoms with Gasteiger partial charge >= 0.3 is 0 Å². The molecule has 0 radical (unpaired) electrons. The lowest BCUT2D eigenvalue weighted by atomic mass is 9.83. The van der Waals surface area contributed by atoms with Crippen LogP contribution in [-0.2, 0) is 4.74 Å². The Kier molecular flexibility index (Phi) is 6.66. The zero-order valence-corrected chi connectivity index (χ0v) is 20.6. The third kappa shape index (κ3) is 4.47. The quantitative estimate of drug-likeness (QED) is 0.673. The molecule has 5 rings (SSSR count). The van der Waals surface area contributed by atoms with Gasteiger partial charge in [-0.25, -0.2) is 0 Å². The van der Waals surface area contributed by atoms with Gasteiger partial charge in [0.1, 0.15) is 11.4 Å². The molecular weight excluding hydrogens is 422 g/mol. The van der Waals surface area contributed by atoms with Crippen LogP contribution in [0.15, 0.2) is 55.1 Å². The summed E-state index contributed by atoms with van der Waals surface area (Å²) in [4.78, 5) is 4.71. The van der Waals surface area contributed by atoms with Crippen molar-refractivity contribution in [2.24, 2.45) is 0 Å². The van der Waals surface area contributed by atoms with Gasteiger partial charge in [0.25, 0.3) is 0 Å². The van der Waals surface area contributed by atoms with Crippen molar-refractivity contribution >= 4 is 17.0 Å². The molecule has 3 aliphatic heterocycles. The summed E-state index contributed by atoms with van der Waals surface area (Å²) >= 11 is 0. The first-order valence-electron chi connectivity index (χ1n) is 12.8. The first-order chi connectivity index (χ1) is 16.6. The lowest BCUT2D eigenvalue weighted by Gasteiger charge is -2.40. The van der Waals surface area contributed by atoms with E-state index in [0.29, 0.717) is 0 Å². The van der Waals surface area contributed by atoms with E-state index in [1.807, 2.05) is 0 Å². The van der Waals surface area contributed by atoms with Crippen LogP contribution in [0.5, 0.6) is 5.75 Å². The van der Waals surface area contributed by atoms with Crippen molar-refractivity contribution in [3.05, 3.63) is 71.8 Å².